The van der Waals surface area contributed by atoms with Crippen LogP contribution in [0.4, 0.5) is 0 Å². The standard InChI is InChI=1S/C19H29N3O2.HI/c1-3-20-18(22-12-10-19(15-22)8-5-9-19)21-11-13-24-17-7-4-6-16(14-17)23-2;/h4,6-7,14H,3,5,8-13,15H2,1-2H3,(H,20,21);1H. The van der Waals surface area contributed by atoms with Gasteiger partial charge in [-0.15, -0.1) is 24.0 Å². The van der Waals surface area contributed by atoms with E-state index in [1.807, 2.05) is 24.3 Å². The van der Waals surface area contributed by atoms with Crippen molar-refractivity contribution in [3.63, 3.8) is 0 Å². The van der Waals surface area contributed by atoms with Crippen molar-refractivity contribution in [2.24, 2.45) is 10.4 Å². The van der Waals surface area contributed by atoms with E-state index in [1.165, 1.54) is 25.7 Å². The highest BCUT2D eigenvalue weighted by atomic mass is 127. The molecule has 3 rings (SSSR count). The minimum Gasteiger partial charge on any atom is -0.497 e. The molecule has 0 amide bonds. The summed E-state index contributed by atoms with van der Waals surface area (Å²) in [6, 6.07) is 7.69. The van der Waals surface area contributed by atoms with E-state index in [4.69, 9.17) is 14.5 Å². The maximum Gasteiger partial charge on any atom is 0.194 e. The van der Waals surface area contributed by atoms with E-state index in [-0.39, 0.29) is 24.0 Å². The Balaban J connectivity index is 0.00000225. The maximum atomic E-state index is 5.78. The number of nitrogens with zero attached hydrogens (tertiary/aromatic N) is 2. The predicted octanol–water partition coefficient (Wildman–Crippen LogP) is 3.53. The van der Waals surface area contributed by atoms with Crippen LogP contribution in [0, 0.1) is 5.41 Å². The van der Waals surface area contributed by atoms with E-state index in [0.29, 0.717) is 18.6 Å². The molecular weight excluding hydrogens is 429 g/mol. The van der Waals surface area contributed by atoms with Crippen molar-refractivity contribution in [2.75, 3.05) is 39.9 Å². The first-order chi connectivity index (χ1) is 11.7. The summed E-state index contributed by atoms with van der Waals surface area (Å²) in [4.78, 5) is 7.18. The number of rotatable bonds is 6. The van der Waals surface area contributed by atoms with Gasteiger partial charge in [-0.1, -0.05) is 12.5 Å². The predicted molar refractivity (Wildman–Crippen MR) is 112 cm³/mol. The largest absolute Gasteiger partial charge is 0.497 e. The minimum atomic E-state index is 0. The lowest BCUT2D eigenvalue weighted by Gasteiger charge is -2.38. The first-order valence-electron chi connectivity index (χ1n) is 9.05. The molecule has 1 aliphatic carbocycles. The van der Waals surface area contributed by atoms with Crippen molar-refractivity contribution in [3.8, 4) is 11.5 Å². The number of halogens is 1. The molecular formula is C19H30IN3O2. The molecule has 2 aliphatic rings. The number of aliphatic imine (C=N–C) groups is 1. The van der Waals surface area contributed by atoms with Gasteiger partial charge in [-0.3, -0.25) is 0 Å². The quantitative estimate of drug-likeness (QED) is 0.306. The van der Waals surface area contributed by atoms with E-state index in [9.17, 15) is 0 Å². The van der Waals surface area contributed by atoms with Crippen molar-refractivity contribution < 1.29 is 9.47 Å². The molecule has 5 nitrogen and oxygen atoms in total. The van der Waals surface area contributed by atoms with E-state index < -0.39 is 0 Å². The van der Waals surface area contributed by atoms with Crippen molar-refractivity contribution in [1.82, 2.24) is 10.2 Å². The number of hydrogen-bond donors (Lipinski definition) is 1. The Labute approximate surface area is 168 Å². The average Bonchev–Trinajstić information content (AvgIpc) is 3.04. The number of benzene rings is 1. The third-order valence-corrected chi connectivity index (χ3v) is 5.15. The van der Waals surface area contributed by atoms with Crippen LogP contribution in [0.5, 0.6) is 11.5 Å². The van der Waals surface area contributed by atoms with Crippen molar-refractivity contribution >= 4 is 29.9 Å². The molecule has 0 bridgehead atoms. The molecule has 0 unspecified atom stereocenters. The number of likely N-dealkylation sites (tertiary alicyclic amines) is 1. The normalized spacial score (nSPS) is 18.5. The Morgan fingerprint density at radius 3 is 2.72 bits per heavy atom. The zero-order valence-corrected chi connectivity index (χ0v) is 17.6. The molecule has 2 fully saturated rings. The summed E-state index contributed by atoms with van der Waals surface area (Å²) in [6.45, 7) is 6.54. The fourth-order valence-electron chi connectivity index (χ4n) is 3.63. The van der Waals surface area contributed by atoms with E-state index in [2.05, 4.69) is 17.1 Å². The summed E-state index contributed by atoms with van der Waals surface area (Å²) in [5.41, 5.74) is 0.591. The Morgan fingerprint density at radius 1 is 1.28 bits per heavy atom. The monoisotopic (exact) mass is 459 g/mol. The van der Waals surface area contributed by atoms with Crippen LogP contribution < -0.4 is 14.8 Å². The Morgan fingerprint density at radius 2 is 2.08 bits per heavy atom. The van der Waals surface area contributed by atoms with Crippen LogP contribution in [-0.4, -0.2) is 50.8 Å². The summed E-state index contributed by atoms with van der Waals surface area (Å²) in [6.07, 6.45) is 5.50. The van der Waals surface area contributed by atoms with Crippen LogP contribution in [0.25, 0.3) is 0 Å². The first-order valence-corrected chi connectivity index (χ1v) is 9.05. The van der Waals surface area contributed by atoms with Gasteiger partial charge < -0.3 is 19.7 Å². The van der Waals surface area contributed by atoms with Crippen LogP contribution in [0.15, 0.2) is 29.3 Å². The highest BCUT2D eigenvalue weighted by Crippen LogP contribution is 2.47. The summed E-state index contributed by atoms with van der Waals surface area (Å²) >= 11 is 0. The van der Waals surface area contributed by atoms with Gasteiger partial charge >= 0.3 is 0 Å². The molecule has 1 heterocycles. The van der Waals surface area contributed by atoms with Gasteiger partial charge in [0, 0.05) is 25.7 Å². The molecule has 1 aliphatic heterocycles. The Hall–Kier alpha value is -1.18. The Bertz CT molecular complexity index is 576. The molecule has 1 saturated heterocycles. The van der Waals surface area contributed by atoms with Crippen molar-refractivity contribution in [2.45, 2.75) is 32.6 Å². The molecule has 1 aromatic rings. The number of hydrogen-bond acceptors (Lipinski definition) is 3. The molecule has 1 spiro atoms. The lowest BCUT2D eigenvalue weighted by molar-refractivity contribution is 0.151. The van der Waals surface area contributed by atoms with Gasteiger partial charge in [-0.25, -0.2) is 4.99 Å². The summed E-state index contributed by atoms with van der Waals surface area (Å²) in [5.74, 6) is 2.67. The second-order valence-electron chi connectivity index (χ2n) is 6.79. The molecule has 1 saturated carbocycles. The second-order valence-corrected chi connectivity index (χ2v) is 6.79. The Kier molecular flexibility index (Phi) is 7.65. The number of ether oxygens (including phenoxy) is 2. The highest BCUT2D eigenvalue weighted by molar-refractivity contribution is 14.0. The lowest BCUT2D eigenvalue weighted by atomic mass is 9.68. The van der Waals surface area contributed by atoms with Gasteiger partial charge in [-0.2, -0.15) is 0 Å². The first kappa shape index (κ1) is 20.1. The van der Waals surface area contributed by atoms with Gasteiger partial charge in [0.15, 0.2) is 5.96 Å². The number of nitrogens with one attached hydrogen (secondary N) is 1. The van der Waals surface area contributed by atoms with E-state index in [1.54, 1.807) is 7.11 Å². The zero-order chi connectivity index (χ0) is 16.8. The summed E-state index contributed by atoms with van der Waals surface area (Å²) < 4.78 is 11.0. The number of guanidine groups is 1. The molecule has 0 atom stereocenters. The van der Waals surface area contributed by atoms with Crippen molar-refractivity contribution in [3.05, 3.63) is 24.3 Å². The lowest BCUT2D eigenvalue weighted by Crippen LogP contribution is -2.42. The van der Waals surface area contributed by atoms with E-state index >= 15 is 0 Å². The molecule has 1 aromatic carbocycles. The topological polar surface area (TPSA) is 46.1 Å². The molecule has 25 heavy (non-hydrogen) atoms. The fraction of sp³-hybridized carbons (Fsp3) is 0.632. The van der Waals surface area contributed by atoms with E-state index in [0.717, 1.165) is 37.1 Å². The van der Waals surface area contributed by atoms with Crippen LogP contribution in [0.3, 0.4) is 0 Å². The summed E-state index contributed by atoms with van der Waals surface area (Å²) in [5, 5.41) is 3.43. The van der Waals surface area contributed by atoms with Crippen LogP contribution in [0.1, 0.15) is 32.6 Å². The molecule has 6 heteroatoms. The minimum absolute atomic E-state index is 0. The van der Waals surface area contributed by atoms with Crippen molar-refractivity contribution in [1.29, 1.82) is 0 Å². The van der Waals surface area contributed by atoms with Gasteiger partial charge in [0.25, 0.3) is 0 Å². The maximum absolute atomic E-state index is 5.78. The van der Waals surface area contributed by atoms with Crippen LogP contribution in [0.2, 0.25) is 0 Å². The SMILES string of the molecule is CCNC(=NCCOc1cccc(OC)c1)N1CCC2(CCC2)C1.I. The van der Waals surface area contributed by atoms with Gasteiger partial charge in [0.1, 0.15) is 18.1 Å². The third kappa shape index (κ3) is 5.15. The fourth-order valence-corrected chi connectivity index (χ4v) is 3.63. The molecule has 1 N–H and O–H groups in total. The second kappa shape index (κ2) is 9.50. The van der Waals surface area contributed by atoms with Crippen LogP contribution >= 0.6 is 24.0 Å². The highest BCUT2D eigenvalue weighted by Gasteiger charge is 2.43. The van der Waals surface area contributed by atoms with Crippen LogP contribution in [-0.2, 0) is 0 Å². The van der Waals surface area contributed by atoms with Gasteiger partial charge in [0.05, 0.1) is 13.7 Å². The molecule has 140 valence electrons. The smallest absolute Gasteiger partial charge is 0.194 e. The van der Waals surface area contributed by atoms with Gasteiger partial charge in [0.2, 0.25) is 0 Å². The number of methoxy groups -OCH3 is 1. The molecule has 0 aromatic heterocycles. The molecule has 0 radical (unpaired) electrons. The summed E-state index contributed by atoms with van der Waals surface area (Å²) in [7, 11) is 1.66. The average molecular weight is 459 g/mol. The van der Waals surface area contributed by atoms with Gasteiger partial charge in [-0.05, 0) is 43.7 Å². The zero-order valence-electron chi connectivity index (χ0n) is 15.3. The third-order valence-electron chi connectivity index (χ3n) is 5.15.